The van der Waals surface area contributed by atoms with Crippen LogP contribution in [-0.2, 0) is 24.3 Å². The third-order valence-corrected chi connectivity index (χ3v) is 8.21. The van der Waals surface area contributed by atoms with Crippen molar-refractivity contribution in [2.75, 3.05) is 64.4 Å². The zero-order chi connectivity index (χ0) is 30.2. The van der Waals surface area contributed by atoms with Gasteiger partial charge in [-0.05, 0) is 54.8 Å². The van der Waals surface area contributed by atoms with Gasteiger partial charge in [-0.1, -0.05) is 25.0 Å². The molecular formula is C30H42ClN5O5S. The van der Waals surface area contributed by atoms with Crippen molar-refractivity contribution in [2.24, 2.45) is 0 Å². The summed E-state index contributed by atoms with van der Waals surface area (Å²) in [5.41, 5.74) is 3.74. The van der Waals surface area contributed by atoms with Crippen LogP contribution in [0.4, 0.5) is 5.69 Å². The lowest BCUT2D eigenvalue weighted by Crippen LogP contribution is -2.32. The number of alkyl halides is 1. The van der Waals surface area contributed by atoms with Gasteiger partial charge in [-0.25, -0.2) is 18.1 Å². The van der Waals surface area contributed by atoms with Crippen molar-refractivity contribution < 1.29 is 22.7 Å². The normalized spacial score (nSPS) is 11.5. The maximum atomic E-state index is 12.7. The third kappa shape index (κ3) is 11.4. The molecule has 0 saturated carbocycles. The molecule has 3 rings (SSSR count). The smallest absolute Gasteiger partial charge is 0.240 e. The molecule has 0 unspecified atom stereocenters. The molecule has 1 heterocycles. The number of H-pyrrole nitrogens is 1. The number of nitrogens with one attached hydrogen (secondary N) is 3. The number of anilines is 1. The minimum Gasteiger partial charge on any atom is -0.379 e. The zero-order valence-corrected chi connectivity index (χ0v) is 26.0. The summed E-state index contributed by atoms with van der Waals surface area (Å²) in [4.78, 5) is 21.9. The van der Waals surface area contributed by atoms with Crippen LogP contribution in [0.1, 0.15) is 32.1 Å². The van der Waals surface area contributed by atoms with Gasteiger partial charge in [0.05, 0.1) is 36.6 Å². The van der Waals surface area contributed by atoms with E-state index in [4.69, 9.17) is 21.1 Å². The van der Waals surface area contributed by atoms with Crippen molar-refractivity contribution in [2.45, 2.75) is 37.0 Å². The monoisotopic (exact) mass is 619 g/mol. The summed E-state index contributed by atoms with van der Waals surface area (Å²) in [5.74, 6) is 1.09. The number of amides is 1. The topological polar surface area (TPSA) is 126 Å². The Bertz CT molecular complexity index is 1310. The highest BCUT2D eigenvalue weighted by Gasteiger charge is 2.15. The second kappa shape index (κ2) is 17.9. The Labute approximate surface area is 254 Å². The fourth-order valence-corrected chi connectivity index (χ4v) is 5.27. The number of benzene rings is 2. The van der Waals surface area contributed by atoms with Crippen LogP contribution >= 0.6 is 11.6 Å². The van der Waals surface area contributed by atoms with Crippen molar-refractivity contribution in [3.63, 3.8) is 0 Å². The largest absolute Gasteiger partial charge is 0.379 e. The van der Waals surface area contributed by atoms with Gasteiger partial charge in [0.2, 0.25) is 15.9 Å². The number of unbranched alkanes of at least 4 members (excludes halogenated alkanes) is 3. The van der Waals surface area contributed by atoms with E-state index < -0.39 is 10.0 Å². The number of nitrogens with zero attached hydrogens (tertiary/aromatic N) is 2. The molecule has 12 heteroatoms. The summed E-state index contributed by atoms with van der Waals surface area (Å²) in [6, 6.07) is 14.6. The molecule has 1 aromatic heterocycles. The maximum Gasteiger partial charge on any atom is 0.240 e. The highest BCUT2D eigenvalue weighted by molar-refractivity contribution is 7.89. The van der Waals surface area contributed by atoms with Gasteiger partial charge in [0, 0.05) is 57.3 Å². The summed E-state index contributed by atoms with van der Waals surface area (Å²) in [6.45, 7) is 2.39. The number of rotatable bonds is 20. The summed E-state index contributed by atoms with van der Waals surface area (Å²) in [7, 11) is 0.222. The number of aromatic nitrogens is 2. The molecule has 1 amide bonds. The molecule has 0 atom stereocenters. The number of imidazole rings is 1. The lowest BCUT2D eigenvalue weighted by molar-refractivity contribution is -0.121. The first kappa shape index (κ1) is 33.5. The third-order valence-electron chi connectivity index (χ3n) is 6.47. The fraction of sp³-hybridized carbons (Fsp3) is 0.467. The van der Waals surface area contributed by atoms with E-state index in [1.165, 1.54) is 12.1 Å². The molecule has 3 N–H and O–H groups in total. The van der Waals surface area contributed by atoms with E-state index in [2.05, 4.69) is 20.0 Å². The van der Waals surface area contributed by atoms with Gasteiger partial charge in [-0.15, -0.1) is 11.6 Å². The molecular weight excluding hydrogens is 578 g/mol. The molecule has 0 aliphatic heterocycles. The van der Waals surface area contributed by atoms with Gasteiger partial charge < -0.3 is 24.7 Å². The van der Waals surface area contributed by atoms with Crippen LogP contribution < -0.4 is 14.9 Å². The molecule has 230 valence electrons. The van der Waals surface area contributed by atoms with Crippen molar-refractivity contribution >= 4 is 33.2 Å². The van der Waals surface area contributed by atoms with Crippen LogP contribution in [0.15, 0.2) is 59.6 Å². The number of ether oxygens (including phenoxy) is 2. The zero-order valence-electron chi connectivity index (χ0n) is 24.4. The quantitative estimate of drug-likeness (QED) is 0.126. The van der Waals surface area contributed by atoms with Crippen LogP contribution in [0.3, 0.4) is 0 Å². The second-order valence-electron chi connectivity index (χ2n) is 9.94. The first-order valence-electron chi connectivity index (χ1n) is 14.2. The number of sulfonamides is 1. The molecule has 0 spiro atoms. The SMILES string of the molecule is CN(C)c1ccc(-c2cnc(-c3ccc(S(=O)(=O)NCCC(=O)NCCOCCOCCCCCCCl)cc3)[nH]2)cc1. The van der Waals surface area contributed by atoms with Crippen LogP contribution in [0.5, 0.6) is 0 Å². The van der Waals surface area contributed by atoms with Crippen molar-refractivity contribution in [1.29, 1.82) is 0 Å². The average molecular weight is 620 g/mol. The fourth-order valence-electron chi connectivity index (χ4n) is 4.05. The Morgan fingerprint density at radius 2 is 1.55 bits per heavy atom. The van der Waals surface area contributed by atoms with E-state index in [1.807, 2.05) is 43.3 Å². The average Bonchev–Trinajstić information content (AvgIpc) is 3.48. The summed E-state index contributed by atoms with van der Waals surface area (Å²) in [6.07, 6.45) is 6.07. The van der Waals surface area contributed by atoms with Crippen molar-refractivity contribution in [3.8, 4) is 22.6 Å². The summed E-state index contributed by atoms with van der Waals surface area (Å²) in [5, 5.41) is 2.72. The van der Waals surface area contributed by atoms with E-state index >= 15 is 0 Å². The highest BCUT2D eigenvalue weighted by Crippen LogP contribution is 2.25. The van der Waals surface area contributed by atoms with Gasteiger partial charge >= 0.3 is 0 Å². The standard InChI is InChI=1S/C30H42ClN5O5S/c1-36(2)26-11-7-24(8-12-26)28-23-33-30(35-28)25-9-13-27(14-10-25)42(38,39)34-17-15-29(37)32-18-20-41-22-21-40-19-6-4-3-5-16-31/h7-14,23,34H,3-6,15-22H2,1-2H3,(H,32,37)(H,33,35). The molecule has 42 heavy (non-hydrogen) atoms. The first-order valence-corrected chi connectivity index (χ1v) is 16.2. The van der Waals surface area contributed by atoms with E-state index in [1.54, 1.807) is 18.3 Å². The van der Waals surface area contributed by atoms with Crippen molar-refractivity contribution in [3.05, 3.63) is 54.7 Å². The molecule has 0 aliphatic rings. The molecule has 3 aromatic rings. The minimum atomic E-state index is -3.76. The Morgan fingerprint density at radius 3 is 2.24 bits per heavy atom. The molecule has 10 nitrogen and oxygen atoms in total. The summed E-state index contributed by atoms with van der Waals surface area (Å²) < 4.78 is 38.8. The minimum absolute atomic E-state index is 0.0103. The number of halogens is 1. The Hall–Kier alpha value is -2.96. The van der Waals surface area contributed by atoms with Gasteiger partial charge in [0.1, 0.15) is 5.82 Å². The second-order valence-corrected chi connectivity index (χ2v) is 12.1. The maximum absolute atomic E-state index is 12.7. The first-order chi connectivity index (χ1) is 20.3. The lowest BCUT2D eigenvalue weighted by Gasteiger charge is -2.12. The van der Waals surface area contributed by atoms with Crippen LogP contribution in [-0.4, -0.2) is 83.8 Å². The molecule has 0 fully saturated rings. The summed E-state index contributed by atoms with van der Waals surface area (Å²) >= 11 is 5.65. The van der Waals surface area contributed by atoms with Crippen LogP contribution in [0, 0.1) is 0 Å². The van der Waals surface area contributed by atoms with E-state index in [-0.39, 0.29) is 23.8 Å². The molecule has 0 saturated heterocycles. The predicted octanol–water partition coefficient (Wildman–Crippen LogP) is 4.43. The van der Waals surface area contributed by atoms with Crippen molar-refractivity contribution in [1.82, 2.24) is 20.0 Å². The van der Waals surface area contributed by atoms with Crippen LogP contribution in [0.25, 0.3) is 22.6 Å². The predicted molar refractivity (Wildman–Crippen MR) is 167 cm³/mol. The van der Waals surface area contributed by atoms with E-state index in [0.717, 1.165) is 48.2 Å². The number of aromatic amines is 1. The Balaban J connectivity index is 1.33. The number of carbonyl (C=O) groups is 1. The van der Waals surface area contributed by atoms with Gasteiger partial charge in [0.15, 0.2) is 0 Å². The lowest BCUT2D eigenvalue weighted by atomic mass is 10.1. The number of hydrogen-bond donors (Lipinski definition) is 3. The van der Waals surface area contributed by atoms with Gasteiger partial charge in [-0.3, -0.25) is 4.79 Å². The molecule has 2 aromatic carbocycles. The number of hydrogen-bond acceptors (Lipinski definition) is 7. The van der Waals surface area contributed by atoms with Gasteiger partial charge in [0.25, 0.3) is 0 Å². The van der Waals surface area contributed by atoms with Crippen LogP contribution in [0.2, 0.25) is 0 Å². The number of carbonyl (C=O) groups excluding carboxylic acids is 1. The Morgan fingerprint density at radius 1 is 0.881 bits per heavy atom. The van der Waals surface area contributed by atoms with E-state index in [9.17, 15) is 13.2 Å². The molecule has 0 aliphatic carbocycles. The highest BCUT2D eigenvalue weighted by atomic mass is 35.5. The Kier molecular flexibility index (Phi) is 14.3. The van der Waals surface area contributed by atoms with Gasteiger partial charge in [-0.2, -0.15) is 0 Å². The molecule has 0 bridgehead atoms. The van der Waals surface area contributed by atoms with E-state index in [0.29, 0.717) is 44.7 Å². The molecule has 0 radical (unpaired) electrons.